The van der Waals surface area contributed by atoms with Gasteiger partial charge in [-0.25, -0.2) is 4.39 Å². The van der Waals surface area contributed by atoms with Gasteiger partial charge in [0.1, 0.15) is 5.82 Å². The molecule has 0 unspecified atom stereocenters. The Bertz CT molecular complexity index is 790. The molecular formula is C15H12FN3O2S2. The number of halogens is 1. The van der Waals surface area contributed by atoms with Crippen molar-refractivity contribution in [1.82, 2.24) is 10.2 Å². The van der Waals surface area contributed by atoms with E-state index in [0.29, 0.717) is 16.9 Å². The van der Waals surface area contributed by atoms with E-state index in [1.807, 2.05) is 17.5 Å². The second-order valence-electron chi connectivity index (χ2n) is 4.48. The monoisotopic (exact) mass is 349 g/mol. The molecule has 0 atom stereocenters. The second kappa shape index (κ2) is 7.38. The Morgan fingerprint density at radius 2 is 2.13 bits per heavy atom. The van der Waals surface area contributed by atoms with Gasteiger partial charge < -0.3 is 9.73 Å². The standard InChI is InChI=1S/C15H12FN3O2S2/c16-10-4-1-2-5-11(10)17-13(20)7-9-23-15-19-18-14(21-15)12-6-3-8-22-12/h1-6,8H,7,9H2,(H,17,20). The smallest absolute Gasteiger partial charge is 0.276 e. The molecule has 2 aromatic heterocycles. The zero-order chi connectivity index (χ0) is 16.1. The number of hydrogen-bond donors (Lipinski definition) is 1. The lowest BCUT2D eigenvalue weighted by Gasteiger charge is -2.05. The molecule has 8 heteroatoms. The number of rotatable bonds is 6. The fourth-order valence-corrected chi connectivity index (χ4v) is 3.12. The van der Waals surface area contributed by atoms with Gasteiger partial charge in [0.25, 0.3) is 11.1 Å². The first-order chi connectivity index (χ1) is 11.2. The van der Waals surface area contributed by atoms with Gasteiger partial charge in [0.2, 0.25) is 5.91 Å². The Morgan fingerprint density at radius 1 is 1.26 bits per heavy atom. The van der Waals surface area contributed by atoms with Crippen molar-refractivity contribution in [3.8, 4) is 10.8 Å². The number of aromatic nitrogens is 2. The topological polar surface area (TPSA) is 68.0 Å². The number of amides is 1. The molecule has 1 aromatic carbocycles. The molecule has 0 aliphatic rings. The lowest BCUT2D eigenvalue weighted by molar-refractivity contribution is -0.115. The van der Waals surface area contributed by atoms with Crippen LogP contribution in [0.1, 0.15) is 6.42 Å². The molecule has 0 spiro atoms. The number of thiophene rings is 1. The minimum atomic E-state index is -0.453. The van der Waals surface area contributed by atoms with Gasteiger partial charge in [-0.1, -0.05) is 30.0 Å². The molecule has 2 heterocycles. The number of thioether (sulfide) groups is 1. The highest BCUT2D eigenvalue weighted by Gasteiger charge is 2.11. The second-order valence-corrected chi connectivity index (χ2v) is 6.47. The molecule has 3 aromatic rings. The molecule has 118 valence electrons. The van der Waals surface area contributed by atoms with E-state index in [0.717, 1.165) is 4.88 Å². The summed E-state index contributed by atoms with van der Waals surface area (Å²) in [6.07, 6.45) is 0.218. The summed E-state index contributed by atoms with van der Waals surface area (Å²) < 4.78 is 18.9. The molecular weight excluding hydrogens is 337 g/mol. The molecule has 0 saturated carbocycles. The minimum absolute atomic E-state index is 0.181. The molecule has 0 fully saturated rings. The minimum Gasteiger partial charge on any atom is -0.410 e. The van der Waals surface area contributed by atoms with E-state index < -0.39 is 5.82 Å². The average Bonchev–Trinajstić information content (AvgIpc) is 3.20. The molecule has 0 aliphatic heterocycles. The number of carbonyl (C=O) groups is 1. The Hall–Kier alpha value is -2.19. The summed E-state index contributed by atoms with van der Waals surface area (Å²) in [5.74, 6) is 0.219. The summed E-state index contributed by atoms with van der Waals surface area (Å²) in [6, 6.07) is 9.86. The van der Waals surface area contributed by atoms with Gasteiger partial charge in [-0.05, 0) is 23.6 Å². The van der Waals surface area contributed by atoms with Crippen LogP contribution in [-0.4, -0.2) is 21.9 Å². The predicted molar refractivity (Wildman–Crippen MR) is 88.0 cm³/mol. The number of anilines is 1. The van der Waals surface area contributed by atoms with Crippen molar-refractivity contribution in [2.75, 3.05) is 11.1 Å². The molecule has 0 aliphatic carbocycles. The third kappa shape index (κ3) is 4.17. The summed E-state index contributed by atoms with van der Waals surface area (Å²) >= 11 is 2.81. The average molecular weight is 349 g/mol. The van der Waals surface area contributed by atoms with Gasteiger partial charge in [-0.2, -0.15) is 0 Å². The zero-order valence-corrected chi connectivity index (χ0v) is 13.5. The van der Waals surface area contributed by atoms with E-state index >= 15 is 0 Å². The van der Waals surface area contributed by atoms with Gasteiger partial charge >= 0.3 is 0 Å². The van der Waals surface area contributed by atoms with Crippen LogP contribution < -0.4 is 5.32 Å². The van der Waals surface area contributed by atoms with E-state index in [9.17, 15) is 9.18 Å². The largest absolute Gasteiger partial charge is 0.410 e. The Labute approximate surface area is 139 Å². The fourth-order valence-electron chi connectivity index (χ4n) is 1.77. The SMILES string of the molecule is O=C(CCSc1nnc(-c2cccs2)o1)Nc1ccccc1F. The molecule has 0 bridgehead atoms. The van der Waals surface area contributed by atoms with Gasteiger partial charge in [-0.3, -0.25) is 4.79 Å². The number of nitrogens with zero attached hydrogens (tertiary/aromatic N) is 2. The van der Waals surface area contributed by atoms with Crippen molar-refractivity contribution in [3.05, 3.63) is 47.6 Å². The third-order valence-corrected chi connectivity index (χ3v) is 4.52. The molecule has 0 radical (unpaired) electrons. The van der Waals surface area contributed by atoms with Gasteiger partial charge in [0, 0.05) is 12.2 Å². The predicted octanol–water partition coefficient (Wildman–Crippen LogP) is 4.06. The molecule has 23 heavy (non-hydrogen) atoms. The fraction of sp³-hybridized carbons (Fsp3) is 0.133. The van der Waals surface area contributed by atoms with Crippen LogP contribution >= 0.6 is 23.1 Å². The van der Waals surface area contributed by atoms with E-state index in [-0.39, 0.29) is 18.0 Å². The van der Waals surface area contributed by atoms with Gasteiger partial charge in [-0.15, -0.1) is 21.5 Å². The van der Waals surface area contributed by atoms with E-state index in [1.165, 1.54) is 35.2 Å². The molecule has 3 rings (SSSR count). The number of carbonyl (C=O) groups excluding carboxylic acids is 1. The van der Waals surface area contributed by atoms with Gasteiger partial charge in [0.15, 0.2) is 0 Å². The van der Waals surface area contributed by atoms with Crippen molar-refractivity contribution >= 4 is 34.7 Å². The Kier molecular flexibility index (Phi) is 5.04. The van der Waals surface area contributed by atoms with Crippen LogP contribution in [0.3, 0.4) is 0 Å². The van der Waals surface area contributed by atoms with Gasteiger partial charge in [0.05, 0.1) is 10.6 Å². The summed E-state index contributed by atoms with van der Waals surface area (Å²) in [5.41, 5.74) is 0.181. The van der Waals surface area contributed by atoms with Crippen LogP contribution in [0, 0.1) is 5.82 Å². The highest BCUT2D eigenvalue weighted by Crippen LogP contribution is 2.26. The lowest BCUT2D eigenvalue weighted by Crippen LogP contribution is -2.13. The highest BCUT2D eigenvalue weighted by molar-refractivity contribution is 7.99. The third-order valence-electron chi connectivity index (χ3n) is 2.84. The quantitative estimate of drug-likeness (QED) is 0.680. The van der Waals surface area contributed by atoms with E-state index in [1.54, 1.807) is 12.1 Å². The summed E-state index contributed by atoms with van der Waals surface area (Å²) in [7, 11) is 0. The number of para-hydroxylation sites is 1. The highest BCUT2D eigenvalue weighted by atomic mass is 32.2. The Balaban J connectivity index is 1.48. The summed E-state index contributed by atoms with van der Waals surface area (Å²) in [6.45, 7) is 0. The van der Waals surface area contributed by atoms with Crippen LogP contribution in [0.5, 0.6) is 0 Å². The first-order valence-electron chi connectivity index (χ1n) is 6.77. The first kappa shape index (κ1) is 15.7. The van der Waals surface area contributed by atoms with Crippen LogP contribution in [0.4, 0.5) is 10.1 Å². The van der Waals surface area contributed by atoms with Crippen molar-refractivity contribution in [2.24, 2.45) is 0 Å². The zero-order valence-electron chi connectivity index (χ0n) is 11.9. The summed E-state index contributed by atoms with van der Waals surface area (Å²) in [5, 5.41) is 12.8. The van der Waals surface area contributed by atoms with Crippen molar-refractivity contribution in [1.29, 1.82) is 0 Å². The maximum Gasteiger partial charge on any atom is 0.276 e. The molecule has 5 nitrogen and oxygen atoms in total. The van der Waals surface area contributed by atoms with E-state index in [4.69, 9.17) is 4.42 Å². The van der Waals surface area contributed by atoms with Crippen molar-refractivity contribution in [3.63, 3.8) is 0 Å². The number of nitrogens with one attached hydrogen (secondary N) is 1. The Morgan fingerprint density at radius 3 is 2.91 bits per heavy atom. The van der Waals surface area contributed by atoms with Crippen LogP contribution in [0.2, 0.25) is 0 Å². The molecule has 1 N–H and O–H groups in total. The van der Waals surface area contributed by atoms with E-state index in [2.05, 4.69) is 15.5 Å². The maximum atomic E-state index is 13.4. The molecule has 0 saturated heterocycles. The lowest BCUT2D eigenvalue weighted by atomic mass is 10.3. The van der Waals surface area contributed by atoms with Crippen molar-refractivity contribution in [2.45, 2.75) is 11.6 Å². The van der Waals surface area contributed by atoms with Crippen LogP contribution in [-0.2, 0) is 4.79 Å². The first-order valence-corrected chi connectivity index (χ1v) is 8.63. The van der Waals surface area contributed by atoms with Crippen LogP contribution in [0.25, 0.3) is 10.8 Å². The number of benzene rings is 1. The van der Waals surface area contributed by atoms with Crippen molar-refractivity contribution < 1.29 is 13.6 Å². The normalized spacial score (nSPS) is 10.7. The molecule has 1 amide bonds. The van der Waals surface area contributed by atoms with Crippen LogP contribution in [0.15, 0.2) is 51.4 Å². The summed E-state index contributed by atoms with van der Waals surface area (Å²) in [4.78, 5) is 12.7. The number of hydrogen-bond acceptors (Lipinski definition) is 6. The maximum absolute atomic E-state index is 13.4.